The maximum Gasteiger partial charge on any atom is 0.295 e. The molecule has 2 fully saturated rings. The number of aliphatic hydroxyl groups is 1. The van der Waals surface area contributed by atoms with Crippen LogP contribution in [-0.4, -0.2) is 79.7 Å². The highest BCUT2D eigenvalue weighted by Gasteiger charge is 2.46. The van der Waals surface area contributed by atoms with Crippen molar-refractivity contribution in [2.45, 2.75) is 19.4 Å². The molecule has 0 saturated carbocycles. The van der Waals surface area contributed by atoms with E-state index in [9.17, 15) is 14.7 Å². The van der Waals surface area contributed by atoms with Crippen LogP contribution in [0.1, 0.15) is 30.5 Å². The van der Waals surface area contributed by atoms with Crippen molar-refractivity contribution in [3.8, 4) is 11.5 Å². The molecule has 204 valence electrons. The first-order chi connectivity index (χ1) is 19.0. The van der Waals surface area contributed by atoms with Gasteiger partial charge in [-0.05, 0) is 53.1 Å². The van der Waals surface area contributed by atoms with Gasteiger partial charge in [0.25, 0.3) is 11.7 Å². The van der Waals surface area contributed by atoms with Crippen LogP contribution < -0.4 is 9.47 Å². The molecule has 2 aliphatic rings. The zero-order valence-electron chi connectivity index (χ0n) is 22.4. The molecule has 3 aromatic carbocycles. The maximum absolute atomic E-state index is 13.5. The minimum Gasteiger partial charge on any atom is -0.507 e. The Morgan fingerprint density at radius 2 is 1.74 bits per heavy atom. The van der Waals surface area contributed by atoms with Crippen LogP contribution in [0.3, 0.4) is 0 Å². The number of carbonyl (C=O) groups excluding carboxylic acids is 2. The number of ketones is 1. The Labute approximate surface area is 228 Å². The third kappa shape index (κ3) is 5.62. The molecule has 8 heteroatoms. The molecule has 39 heavy (non-hydrogen) atoms. The monoisotopic (exact) mass is 530 g/mol. The summed E-state index contributed by atoms with van der Waals surface area (Å²) in [6.45, 7) is 6.39. The average Bonchev–Trinajstić information content (AvgIpc) is 3.23. The van der Waals surface area contributed by atoms with Gasteiger partial charge in [0.15, 0.2) is 0 Å². The number of hydrogen-bond donors (Lipinski definition) is 1. The molecular formula is C31H34N2O6. The molecule has 1 amide bonds. The van der Waals surface area contributed by atoms with Crippen molar-refractivity contribution in [2.75, 3.05) is 53.1 Å². The summed E-state index contributed by atoms with van der Waals surface area (Å²) in [6.07, 6.45) is 0.857. The second-order valence-electron chi connectivity index (χ2n) is 9.80. The molecule has 2 saturated heterocycles. The lowest BCUT2D eigenvalue weighted by Gasteiger charge is -2.31. The van der Waals surface area contributed by atoms with E-state index in [4.69, 9.17) is 14.2 Å². The summed E-state index contributed by atoms with van der Waals surface area (Å²) in [5.41, 5.74) is 1.28. The van der Waals surface area contributed by atoms with Gasteiger partial charge in [0.05, 0.1) is 38.5 Å². The van der Waals surface area contributed by atoms with E-state index in [-0.39, 0.29) is 11.3 Å². The molecule has 5 rings (SSSR count). The zero-order valence-corrected chi connectivity index (χ0v) is 22.4. The van der Waals surface area contributed by atoms with E-state index in [1.807, 2.05) is 61.5 Å². The minimum absolute atomic E-state index is 0.0856. The number of morpholine rings is 1. The molecule has 0 radical (unpaired) electrons. The van der Waals surface area contributed by atoms with E-state index in [1.165, 1.54) is 0 Å². The Morgan fingerprint density at radius 3 is 2.51 bits per heavy atom. The summed E-state index contributed by atoms with van der Waals surface area (Å²) in [4.78, 5) is 30.7. The third-order valence-corrected chi connectivity index (χ3v) is 7.27. The number of hydrogen-bond acceptors (Lipinski definition) is 7. The van der Waals surface area contributed by atoms with Gasteiger partial charge in [-0.1, -0.05) is 37.3 Å². The smallest absolute Gasteiger partial charge is 0.295 e. The fourth-order valence-electron chi connectivity index (χ4n) is 5.18. The van der Waals surface area contributed by atoms with E-state index in [0.29, 0.717) is 44.2 Å². The lowest BCUT2D eigenvalue weighted by Crippen LogP contribution is -2.42. The summed E-state index contributed by atoms with van der Waals surface area (Å²) < 4.78 is 16.6. The highest BCUT2D eigenvalue weighted by atomic mass is 16.5. The first-order valence-corrected chi connectivity index (χ1v) is 13.4. The molecule has 0 aliphatic carbocycles. The van der Waals surface area contributed by atoms with Crippen LogP contribution >= 0.6 is 0 Å². The molecule has 2 heterocycles. The van der Waals surface area contributed by atoms with Gasteiger partial charge in [-0.2, -0.15) is 0 Å². The summed E-state index contributed by atoms with van der Waals surface area (Å²) in [7, 11) is 1.61. The van der Waals surface area contributed by atoms with Crippen LogP contribution in [0, 0.1) is 0 Å². The zero-order chi connectivity index (χ0) is 27.4. The summed E-state index contributed by atoms with van der Waals surface area (Å²) in [6, 6.07) is 17.8. The Kier molecular flexibility index (Phi) is 8.14. The Balaban J connectivity index is 1.56. The van der Waals surface area contributed by atoms with Crippen LogP contribution in [0.15, 0.2) is 66.2 Å². The number of ether oxygens (including phenoxy) is 3. The van der Waals surface area contributed by atoms with Crippen molar-refractivity contribution < 1.29 is 28.9 Å². The molecule has 2 aliphatic heterocycles. The van der Waals surface area contributed by atoms with E-state index in [1.54, 1.807) is 18.1 Å². The van der Waals surface area contributed by atoms with Gasteiger partial charge in [-0.15, -0.1) is 0 Å². The predicted octanol–water partition coefficient (Wildman–Crippen LogP) is 4.39. The highest BCUT2D eigenvalue weighted by molar-refractivity contribution is 6.46. The van der Waals surface area contributed by atoms with Crippen LogP contribution in [0.4, 0.5) is 0 Å². The Hall–Kier alpha value is -3.88. The molecule has 3 aromatic rings. The van der Waals surface area contributed by atoms with Gasteiger partial charge in [0.2, 0.25) is 0 Å². The number of methoxy groups -OCH3 is 1. The Morgan fingerprint density at radius 1 is 0.974 bits per heavy atom. The van der Waals surface area contributed by atoms with Crippen molar-refractivity contribution in [1.29, 1.82) is 0 Å². The first-order valence-electron chi connectivity index (χ1n) is 13.4. The van der Waals surface area contributed by atoms with Gasteiger partial charge >= 0.3 is 0 Å². The van der Waals surface area contributed by atoms with E-state index in [2.05, 4.69) is 4.90 Å². The summed E-state index contributed by atoms with van der Waals surface area (Å²) in [5.74, 6) is -0.0949. The summed E-state index contributed by atoms with van der Waals surface area (Å²) in [5, 5.41) is 13.4. The number of Topliss-reactive ketones (excluding diaryl/α,β-unsaturated/α-hetero) is 1. The molecule has 1 atom stereocenters. The second kappa shape index (κ2) is 11.9. The number of benzene rings is 3. The number of aliphatic hydroxyl groups excluding tert-OH is 1. The quantitative estimate of drug-likeness (QED) is 0.249. The lowest BCUT2D eigenvalue weighted by molar-refractivity contribution is -0.140. The van der Waals surface area contributed by atoms with Gasteiger partial charge in [0.1, 0.15) is 17.3 Å². The van der Waals surface area contributed by atoms with E-state index < -0.39 is 17.7 Å². The molecule has 0 bridgehead atoms. The van der Waals surface area contributed by atoms with Gasteiger partial charge < -0.3 is 24.2 Å². The lowest BCUT2D eigenvalue weighted by atomic mass is 9.94. The maximum atomic E-state index is 13.5. The van der Waals surface area contributed by atoms with Gasteiger partial charge in [-0.25, -0.2) is 0 Å². The van der Waals surface area contributed by atoms with Crippen molar-refractivity contribution in [3.63, 3.8) is 0 Å². The first kappa shape index (κ1) is 26.7. The molecule has 0 spiro atoms. The van der Waals surface area contributed by atoms with Crippen LogP contribution in [0.5, 0.6) is 11.5 Å². The average molecular weight is 531 g/mol. The number of nitrogens with zero attached hydrogens (tertiary/aromatic N) is 2. The fraction of sp³-hybridized carbons (Fsp3) is 0.355. The predicted molar refractivity (Wildman–Crippen MR) is 149 cm³/mol. The van der Waals surface area contributed by atoms with Gasteiger partial charge in [0, 0.05) is 31.7 Å². The number of amides is 1. The molecule has 1 N–H and O–H groups in total. The van der Waals surface area contributed by atoms with Crippen LogP contribution in [-0.2, 0) is 14.3 Å². The number of carbonyl (C=O) groups is 2. The van der Waals surface area contributed by atoms with E-state index in [0.717, 1.165) is 41.6 Å². The van der Waals surface area contributed by atoms with Crippen LogP contribution in [0.2, 0.25) is 0 Å². The topological polar surface area (TPSA) is 88.5 Å². The molecular weight excluding hydrogens is 496 g/mol. The minimum atomic E-state index is -0.734. The van der Waals surface area contributed by atoms with Crippen molar-refractivity contribution >= 4 is 28.2 Å². The van der Waals surface area contributed by atoms with Crippen molar-refractivity contribution in [3.05, 3.63) is 77.4 Å². The number of fused-ring (bicyclic) bond motifs is 1. The second-order valence-corrected chi connectivity index (χ2v) is 9.80. The normalized spacial score (nSPS) is 19.5. The molecule has 8 nitrogen and oxygen atoms in total. The van der Waals surface area contributed by atoms with E-state index >= 15 is 0 Å². The van der Waals surface area contributed by atoms with Gasteiger partial charge in [-0.3, -0.25) is 14.5 Å². The standard InChI is InChI=1S/C31H34N2O6/c1-3-15-39-26-6-4-5-23(20-26)28-27(30(35)31(36)33(28)12-11-32-13-16-38-17-14-32)29(34)24-8-7-22-19-25(37-2)10-9-21(22)18-24/h4-10,18-20,28,34H,3,11-17H2,1-2H3/b29-27+. The van der Waals surface area contributed by atoms with Crippen molar-refractivity contribution in [1.82, 2.24) is 9.80 Å². The third-order valence-electron chi connectivity index (χ3n) is 7.27. The number of likely N-dealkylation sites (tertiary alicyclic amines) is 1. The SMILES string of the molecule is CCCOc1cccc(C2/C(=C(\O)c3ccc4cc(OC)ccc4c3)C(=O)C(=O)N2CCN2CCOCC2)c1. The van der Waals surface area contributed by atoms with Crippen LogP contribution in [0.25, 0.3) is 16.5 Å². The Bertz CT molecular complexity index is 1390. The largest absolute Gasteiger partial charge is 0.507 e. The highest BCUT2D eigenvalue weighted by Crippen LogP contribution is 2.40. The van der Waals surface area contributed by atoms with Crippen molar-refractivity contribution in [2.24, 2.45) is 0 Å². The molecule has 0 aromatic heterocycles. The number of rotatable bonds is 9. The fourth-order valence-corrected chi connectivity index (χ4v) is 5.18. The summed E-state index contributed by atoms with van der Waals surface area (Å²) >= 11 is 0. The molecule has 1 unspecified atom stereocenters.